The summed E-state index contributed by atoms with van der Waals surface area (Å²) in [4.78, 5) is 35.0. The number of hydrogen-bond acceptors (Lipinski definition) is 6. The van der Waals surface area contributed by atoms with Gasteiger partial charge in [-0.3, -0.25) is 14.4 Å². The van der Waals surface area contributed by atoms with E-state index in [4.69, 9.17) is 4.74 Å². The fourth-order valence-electron chi connectivity index (χ4n) is 2.43. The molecule has 0 saturated carbocycles. The lowest BCUT2D eigenvalue weighted by molar-refractivity contribution is -0.143. The number of aryl methyl sites for hydroxylation is 1. The minimum atomic E-state index is -1.07. The maximum Gasteiger partial charge on any atom is 0.317 e. The third-order valence-electron chi connectivity index (χ3n) is 3.67. The smallest absolute Gasteiger partial charge is 0.317 e. The van der Waals surface area contributed by atoms with Gasteiger partial charge in [0.1, 0.15) is 17.4 Å². The van der Waals surface area contributed by atoms with E-state index < -0.39 is 29.5 Å². The molecular formula is C15H16O6. The summed E-state index contributed by atoms with van der Waals surface area (Å²) in [6.45, 7) is 4.33. The maximum atomic E-state index is 11.9. The molecule has 0 unspecified atom stereocenters. The van der Waals surface area contributed by atoms with Crippen LogP contribution in [0.3, 0.4) is 0 Å². The van der Waals surface area contributed by atoms with Crippen molar-refractivity contribution in [3.05, 3.63) is 22.8 Å². The molecule has 0 aromatic heterocycles. The molecule has 2 N–H and O–H groups in total. The molecule has 0 aliphatic carbocycles. The van der Waals surface area contributed by atoms with Crippen molar-refractivity contribution in [2.24, 2.45) is 5.92 Å². The second-order valence-corrected chi connectivity index (χ2v) is 5.21. The van der Waals surface area contributed by atoms with Crippen molar-refractivity contribution in [3.63, 3.8) is 0 Å². The van der Waals surface area contributed by atoms with Crippen LogP contribution in [0.4, 0.5) is 0 Å². The monoisotopic (exact) mass is 292 g/mol. The van der Waals surface area contributed by atoms with Gasteiger partial charge in [-0.15, -0.1) is 0 Å². The van der Waals surface area contributed by atoms with Gasteiger partial charge in [0.2, 0.25) is 0 Å². The quantitative estimate of drug-likeness (QED) is 0.494. The van der Waals surface area contributed by atoms with Gasteiger partial charge in [-0.2, -0.15) is 0 Å². The van der Waals surface area contributed by atoms with Crippen molar-refractivity contribution in [2.75, 3.05) is 0 Å². The molecule has 1 heterocycles. The Morgan fingerprint density at radius 1 is 1.29 bits per heavy atom. The van der Waals surface area contributed by atoms with E-state index in [0.29, 0.717) is 5.56 Å². The third kappa shape index (κ3) is 2.49. The number of Topliss-reactive ketones (excluding diaryl/α,β-unsaturated/α-hetero) is 2. The molecule has 2 atom stereocenters. The molecule has 0 radical (unpaired) electrons. The topological polar surface area (TPSA) is 101 Å². The highest BCUT2D eigenvalue weighted by Crippen LogP contribution is 2.37. The molecular weight excluding hydrogens is 276 g/mol. The minimum Gasteiger partial charge on any atom is -0.507 e. The second-order valence-electron chi connectivity index (χ2n) is 5.21. The SMILES string of the molecule is CC(=O)c1cc(C)c(O)c(C[C@H]2C(=O)O[C@H](C)C2=O)c1O. The average Bonchev–Trinajstić information content (AvgIpc) is 2.64. The fourth-order valence-corrected chi connectivity index (χ4v) is 2.43. The van der Waals surface area contributed by atoms with Crippen LogP contribution in [0.2, 0.25) is 0 Å². The van der Waals surface area contributed by atoms with E-state index in [-0.39, 0.29) is 29.1 Å². The molecule has 1 fully saturated rings. The molecule has 1 aromatic carbocycles. The van der Waals surface area contributed by atoms with Gasteiger partial charge in [0.15, 0.2) is 17.7 Å². The van der Waals surface area contributed by atoms with Crippen molar-refractivity contribution in [1.82, 2.24) is 0 Å². The molecule has 1 saturated heterocycles. The van der Waals surface area contributed by atoms with Gasteiger partial charge < -0.3 is 14.9 Å². The molecule has 0 amide bonds. The first-order valence-electron chi connectivity index (χ1n) is 6.53. The van der Waals surface area contributed by atoms with E-state index in [0.717, 1.165) is 0 Å². The zero-order valence-electron chi connectivity index (χ0n) is 12.0. The van der Waals surface area contributed by atoms with Crippen molar-refractivity contribution in [3.8, 4) is 11.5 Å². The van der Waals surface area contributed by atoms with Crippen LogP contribution in [0.1, 0.15) is 35.3 Å². The maximum absolute atomic E-state index is 11.9. The Hall–Kier alpha value is -2.37. The van der Waals surface area contributed by atoms with E-state index in [1.165, 1.54) is 19.9 Å². The van der Waals surface area contributed by atoms with E-state index in [1.807, 2.05) is 0 Å². The number of ketones is 2. The number of carbonyl (C=O) groups excluding carboxylic acids is 3. The summed E-state index contributed by atoms with van der Waals surface area (Å²) in [5.74, 6) is -3.14. The Labute approximate surface area is 121 Å². The normalized spacial score (nSPS) is 21.5. The lowest BCUT2D eigenvalue weighted by atomic mass is 9.91. The predicted octanol–water partition coefficient (Wildman–Crippen LogP) is 1.28. The van der Waals surface area contributed by atoms with Gasteiger partial charge >= 0.3 is 5.97 Å². The molecule has 6 nitrogen and oxygen atoms in total. The van der Waals surface area contributed by atoms with E-state index in [1.54, 1.807) is 6.92 Å². The van der Waals surface area contributed by atoms with Crippen molar-refractivity contribution >= 4 is 17.5 Å². The van der Waals surface area contributed by atoms with Crippen molar-refractivity contribution in [1.29, 1.82) is 0 Å². The van der Waals surface area contributed by atoms with Crippen LogP contribution in [0.15, 0.2) is 6.07 Å². The van der Waals surface area contributed by atoms with Gasteiger partial charge in [-0.05, 0) is 32.4 Å². The molecule has 6 heteroatoms. The van der Waals surface area contributed by atoms with Crippen LogP contribution in [-0.2, 0) is 20.7 Å². The largest absolute Gasteiger partial charge is 0.507 e. The number of aromatic hydroxyl groups is 2. The highest BCUT2D eigenvalue weighted by Gasteiger charge is 2.41. The fraction of sp³-hybridized carbons (Fsp3) is 0.400. The number of ether oxygens (including phenoxy) is 1. The number of hydrogen-bond donors (Lipinski definition) is 2. The Bertz CT molecular complexity index is 646. The number of cyclic esters (lactones) is 1. The van der Waals surface area contributed by atoms with Gasteiger partial charge in [0.25, 0.3) is 0 Å². The Kier molecular flexibility index (Phi) is 3.72. The van der Waals surface area contributed by atoms with Crippen LogP contribution in [0.5, 0.6) is 11.5 Å². The number of rotatable bonds is 3. The summed E-state index contributed by atoms with van der Waals surface area (Å²) in [5, 5.41) is 20.2. The highest BCUT2D eigenvalue weighted by atomic mass is 16.6. The molecule has 1 aliphatic heterocycles. The third-order valence-corrected chi connectivity index (χ3v) is 3.67. The van der Waals surface area contributed by atoms with Gasteiger partial charge in [0, 0.05) is 12.0 Å². The standard InChI is InChI=1S/C15H16O6/c1-6-4-9(7(2)16)14(19)10(12(6)17)5-11-13(18)8(3)21-15(11)20/h4,8,11,17,19H,5H2,1-3H3/t8-,11-/m1/s1. The first kappa shape index (κ1) is 15.0. The number of carbonyl (C=O) groups is 3. The lowest BCUT2D eigenvalue weighted by Crippen LogP contribution is -2.21. The second kappa shape index (κ2) is 5.20. The average molecular weight is 292 g/mol. The van der Waals surface area contributed by atoms with Crippen LogP contribution in [0, 0.1) is 12.8 Å². The van der Waals surface area contributed by atoms with E-state index in [2.05, 4.69) is 0 Å². The van der Waals surface area contributed by atoms with Crippen molar-refractivity contribution < 1.29 is 29.3 Å². The summed E-state index contributed by atoms with van der Waals surface area (Å²) in [6.07, 6.45) is -1.02. The first-order chi connectivity index (χ1) is 9.73. The van der Waals surface area contributed by atoms with Crippen LogP contribution >= 0.6 is 0 Å². The molecule has 2 rings (SSSR count). The summed E-state index contributed by atoms with van der Waals surface area (Å²) in [6, 6.07) is 1.37. The molecule has 0 spiro atoms. The Morgan fingerprint density at radius 3 is 2.38 bits per heavy atom. The minimum absolute atomic E-state index is 0.0181. The van der Waals surface area contributed by atoms with Gasteiger partial charge in [0.05, 0.1) is 5.56 Å². The highest BCUT2D eigenvalue weighted by molar-refractivity contribution is 6.06. The van der Waals surface area contributed by atoms with Crippen LogP contribution in [-0.4, -0.2) is 33.9 Å². The lowest BCUT2D eigenvalue weighted by Gasteiger charge is -2.14. The van der Waals surface area contributed by atoms with Gasteiger partial charge in [-0.25, -0.2) is 0 Å². The summed E-state index contributed by atoms with van der Waals surface area (Å²) in [7, 11) is 0. The van der Waals surface area contributed by atoms with E-state index >= 15 is 0 Å². The predicted molar refractivity (Wildman–Crippen MR) is 72.3 cm³/mol. The Morgan fingerprint density at radius 2 is 1.90 bits per heavy atom. The van der Waals surface area contributed by atoms with Crippen molar-refractivity contribution in [2.45, 2.75) is 33.3 Å². The Balaban J connectivity index is 2.47. The number of esters is 1. The number of phenolic OH excluding ortho intramolecular Hbond substituents is 2. The first-order valence-corrected chi connectivity index (χ1v) is 6.53. The molecule has 21 heavy (non-hydrogen) atoms. The summed E-state index contributed by atoms with van der Waals surface area (Å²) in [5.41, 5.74) is 0.455. The zero-order chi connectivity index (χ0) is 15.9. The van der Waals surface area contributed by atoms with Gasteiger partial charge in [-0.1, -0.05) is 0 Å². The van der Waals surface area contributed by atoms with Crippen LogP contribution < -0.4 is 0 Å². The molecule has 0 bridgehead atoms. The number of phenols is 2. The summed E-state index contributed by atoms with van der Waals surface area (Å²) >= 11 is 0. The number of benzene rings is 1. The van der Waals surface area contributed by atoms with Crippen LogP contribution in [0.25, 0.3) is 0 Å². The van der Waals surface area contributed by atoms with E-state index in [9.17, 15) is 24.6 Å². The zero-order valence-corrected chi connectivity index (χ0v) is 12.0. The molecule has 1 aromatic rings. The summed E-state index contributed by atoms with van der Waals surface area (Å²) < 4.78 is 4.83. The molecule has 112 valence electrons. The molecule has 1 aliphatic rings.